The highest BCUT2D eigenvalue weighted by Gasteiger charge is 2.19. The van der Waals surface area contributed by atoms with Gasteiger partial charge in [-0.3, -0.25) is 0 Å². The number of ether oxygens (including phenoxy) is 2. The summed E-state index contributed by atoms with van der Waals surface area (Å²) in [5.74, 6) is 2.06. The first-order chi connectivity index (χ1) is 15.1. The number of likely N-dealkylation sites (N-methyl/N-ethyl adjacent to an activating group) is 1. The highest BCUT2D eigenvalue weighted by atomic mass is 127. The number of benzene rings is 1. The van der Waals surface area contributed by atoms with Crippen molar-refractivity contribution in [2.45, 2.75) is 20.4 Å². The Morgan fingerprint density at radius 1 is 1.19 bits per heavy atom. The van der Waals surface area contributed by atoms with E-state index in [4.69, 9.17) is 15.2 Å². The maximum absolute atomic E-state index is 6.27. The zero-order chi connectivity index (χ0) is 22.1. The number of aliphatic imine (C=N–C) groups is 1. The van der Waals surface area contributed by atoms with Crippen molar-refractivity contribution < 1.29 is 9.47 Å². The average molecular weight is 575 g/mol. The molecule has 1 fully saturated rings. The van der Waals surface area contributed by atoms with E-state index in [9.17, 15) is 0 Å². The van der Waals surface area contributed by atoms with E-state index in [1.165, 1.54) is 0 Å². The van der Waals surface area contributed by atoms with Gasteiger partial charge in [0.1, 0.15) is 6.61 Å². The third-order valence-electron chi connectivity index (χ3n) is 5.50. The molecule has 1 aromatic heterocycles. The molecule has 3 rings (SSSR count). The van der Waals surface area contributed by atoms with Crippen molar-refractivity contribution in [2.75, 3.05) is 64.4 Å². The van der Waals surface area contributed by atoms with Crippen LogP contribution in [0.5, 0.6) is 11.5 Å². The lowest BCUT2D eigenvalue weighted by molar-refractivity contribution is 0.217. The van der Waals surface area contributed by atoms with Crippen LogP contribution in [0.15, 0.2) is 34.8 Å². The van der Waals surface area contributed by atoms with Gasteiger partial charge in [-0.2, -0.15) is 0 Å². The summed E-state index contributed by atoms with van der Waals surface area (Å²) < 4.78 is 11.5. The monoisotopic (exact) mass is 574 g/mol. The Hall–Kier alpha value is -1.79. The van der Waals surface area contributed by atoms with Crippen molar-refractivity contribution in [2.24, 2.45) is 10.7 Å². The predicted octanol–water partition coefficient (Wildman–Crippen LogP) is 3.13. The largest absolute Gasteiger partial charge is 0.493 e. The fourth-order valence-corrected chi connectivity index (χ4v) is 4.22. The van der Waals surface area contributed by atoms with Crippen molar-refractivity contribution in [3.63, 3.8) is 0 Å². The second-order valence-electron chi connectivity index (χ2n) is 7.32. The van der Waals surface area contributed by atoms with Gasteiger partial charge in [-0.15, -0.1) is 35.3 Å². The van der Waals surface area contributed by atoms with Crippen molar-refractivity contribution in [1.82, 2.24) is 14.8 Å². The minimum Gasteiger partial charge on any atom is -0.493 e. The number of nitrogens with zero attached hydrogens (tertiary/aromatic N) is 5. The van der Waals surface area contributed by atoms with E-state index < -0.39 is 0 Å². The van der Waals surface area contributed by atoms with Crippen LogP contribution in [-0.4, -0.2) is 80.3 Å². The van der Waals surface area contributed by atoms with Gasteiger partial charge < -0.3 is 29.9 Å². The van der Waals surface area contributed by atoms with E-state index in [0.717, 1.165) is 68.0 Å². The lowest BCUT2D eigenvalue weighted by Gasteiger charge is -2.35. The van der Waals surface area contributed by atoms with Crippen LogP contribution in [0.4, 0.5) is 5.13 Å². The second-order valence-corrected chi connectivity index (χ2v) is 8.20. The molecular weight excluding hydrogens is 539 g/mol. The molecule has 8 nitrogen and oxygen atoms in total. The predicted molar refractivity (Wildman–Crippen MR) is 143 cm³/mol. The summed E-state index contributed by atoms with van der Waals surface area (Å²) in [6.45, 7) is 11.9. The molecule has 0 saturated carbocycles. The molecule has 0 aliphatic carbocycles. The van der Waals surface area contributed by atoms with E-state index in [-0.39, 0.29) is 24.0 Å². The van der Waals surface area contributed by atoms with Crippen LogP contribution in [0.1, 0.15) is 19.4 Å². The smallest absolute Gasteiger partial charge is 0.191 e. The second kappa shape index (κ2) is 13.7. The molecule has 0 radical (unpaired) electrons. The topological polar surface area (TPSA) is 79.5 Å². The molecule has 0 amide bonds. The van der Waals surface area contributed by atoms with Gasteiger partial charge in [0.05, 0.1) is 13.7 Å². The zero-order valence-corrected chi connectivity index (χ0v) is 22.3. The molecule has 2 N–H and O–H groups in total. The van der Waals surface area contributed by atoms with Crippen LogP contribution < -0.4 is 20.1 Å². The molecule has 2 heterocycles. The number of thiazole rings is 1. The molecule has 1 aliphatic heterocycles. The number of aromatic nitrogens is 1. The molecule has 0 atom stereocenters. The molecule has 32 heavy (non-hydrogen) atoms. The molecule has 178 valence electrons. The summed E-state index contributed by atoms with van der Waals surface area (Å²) in [6.07, 6.45) is 1.85. The molecule has 2 aromatic rings. The molecule has 10 heteroatoms. The summed E-state index contributed by atoms with van der Waals surface area (Å²) >= 11 is 1.67. The quantitative estimate of drug-likeness (QED) is 0.266. The number of hydrogen-bond acceptors (Lipinski definition) is 7. The Kier molecular flexibility index (Phi) is 11.3. The van der Waals surface area contributed by atoms with E-state index in [0.29, 0.717) is 19.1 Å². The van der Waals surface area contributed by atoms with Gasteiger partial charge in [0.15, 0.2) is 22.6 Å². The first-order valence-corrected chi connectivity index (χ1v) is 11.7. The molecule has 1 aromatic carbocycles. The number of methoxy groups -OCH3 is 1. The molecule has 1 aliphatic rings. The lowest BCUT2D eigenvalue weighted by Crippen LogP contribution is -2.51. The third-order valence-corrected chi connectivity index (χ3v) is 6.34. The first-order valence-electron chi connectivity index (χ1n) is 10.9. The Bertz CT molecular complexity index is 824. The Labute approximate surface area is 212 Å². The number of guanidine groups is 1. The van der Waals surface area contributed by atoms with E-state index in [1.807, 2.05) is 29.8 Å². The Morgan fingerprint density at radius 2 is 1.94 bits per heavy atom. The minimum atomic E-state index is 0. The number of halogens is 1. The molecule has 0 spiro atoms. The summed E-state index contributed by atoms with van der Waals surface area (Å²) in [5.41, 5.74) is 7.30. The van der Waals surface area contributed by atoms with Crippen LogP contribution in [0.25, 0.3) is 0 Å². The number of hydrogen-bond donors (Lipinski definition) is 1. The highest BCUT2D eigenvalue weighted by molar-refractivity contribution is 14.0. The summed E-state index contributed by atoms with van der Waals surface area (Å²) in [5, 5.41) is 3.08. The van der Waals surface area contributed by atoms with Crippen LogP contribution in [0, 0.1) is 0 Å². The Balaban J connectivity index is 0.00000363. The standard InChI is InChI=1S/C22H34N6O2S.HI/c1-4-26(5-2)13-14-30-19-7-6-18(16-20(19)29-3)17-25-21(23)27-9-11-28(12-10-27)22-24-8-15-31-22;/h6-8,15-16H,4-5,9-14,17H2,1-3H3,(H2,23,25);1H. The maximum Gasteiger partial charge on any atom is 0.191 e. The SMILES string of the molecule is CCN(CC)CCOc1ccc(CN=C(N)N2CCN(c3nccs3)CC2)cc1OC.I. The minimum absolute atomic E-state index is 0. The van der Waals surface area contributed by atoms with Gasteiger partial charge in [-0.05, 0) is 30.8 Å². The molecule has 0 bridgehead atoms. The highest BCUT2D eigenvalue weighted by Crippen LogP contribution is 2.28. The van der Waals surface area contributed by atoms with E-state index >= 15 is 0 Å². The van der Waals surface area contributed by atoms with Crippen LogP contribution in [-0.2, 0) is 6.54 Å². The zero-order valence-electron chi connectivity index (χ0n) is 19.2. The van der Waals surface area contributed by atoms with Gasteiger partial charge in [0.2, 0.25) is 0 Å². The normalized spacial score (nSPS) is 14.4. The average Bonchev–Trinajstić information content (AvgIpc) is 3.36. The number of piperazine rings is 1. The lowest BCUT2D eigenvalue weighted by atomic mass is 10.2. The van der Waals surface area contributed by atoms with Gasteiger partial charge in [-0.1, -0.05) is 19.9 Å². The van der Waals surface area contributed by atoms with Crippen molar-refractivity contribution in [3.8, 4) is 11.5 Å². The maximum atomic E-state index is 6.27. The number of rotatable bonds is 10. The van der Waals surface area contributed by atoms with Crippen LogP contribution >= 0.6 is 35.3 Å². The fraction of sp³-hybridized carbons (Fsp3) is 0.545. The number of nitrogens with two attached hydrogens (primary N) is 1. The fourth-order valence-electron chi connectivity index (χ4n) is 3.53. The molecular formula is C22H35IN6O2S. The first kappa shape index (κ1) is 26.5. The van der Waals surface area contributed by atoms with Gasteiger partial charge in [-0.25, -0.2) is 9.98 Å². The third kappa shape index (κ3) is 7.38. The summed E-state index contributed by atoms with van der Waals surface area (Å²) in [7, 11) is 1.66. The van der Waals surface area contributed by atoms with E-state index in [1.54, 1.807) is 18.4 Å². The van der Waals surface area contributed by atoms with Crippen LogP contribution in [0.2, 0.25) is 0 Å². The van der Waals surface area contributed by atoms with Crippen LogP contribution in [0.3, 0.4) is 0 Å². The van der Waals surface area contributed by atoms with Crippen molar-refractivity contribution >= 4 is 46.4 Å². The van der Waals surface area contributed by atoms with Gasteiger partial charge in [0, 0.05) is 44.3 Å². The number of anilines is 1. The van der Waals surface area contributed by atoms with Gasteiger partial charge in [0.25, 0.3) is 0 Å². The molecule has 0 unspecified atom stereocenters. The van der Waals surface area contributed by atoms with Gasteiger partial charge >= 0.3 is 0 Å². The van der Waals surface area contributed by atoms with Crippen molar-refractivity contribution in [1.29, 1.82) is 0 Å². The van der Waals surface area contributed by atoms with E-state index in [2.05, 4.69) is 38.5 Å². The Morgan fingerprint density at radius 3 is 2.56 bits per heavy atom. The summed E-state index contributed by atoms with van der Waals surface area (Å²) in [6, 6.07) is 5.95. The van der Waals surface area contributed by atoms with Crippen molar-refractivity contribution in [3.05, 3.63) is 35.3 Å². The molecule has 1 saturated heterocycles. The summed E-state index contributed by atoms with van der Waals surface area (Å²) in [4.78, 5) is 15.7.